The minimum atomic E-state index is -3.28. The molecule has 1 atom stereocenters. The van der Waals surface area contributed by atoms with Crippen LogP contribution in [-0.2, 0) is 10.2 Å². The van der Waals surface area contributed by atoms with E-state index in [4.69, 9.17) is 5.73 Å². The van der Waals surface area contributed by atoms with Crippen LogP contribution >= 0.6 is 0 Å². The number of hydrogen-bond acceptors (Lipinski definition) is 3. The lowest BCUT2D eigenvalue weighted by molar-refractivity contribution is 0.358. The van der Waals surface area contributed by atoms with Gasteiger partial charge in [-0.1, -0.05) is 13.3 Å². The number of hydrogen-bond donors (Lipinski definition) is 1. The van der Waals surface area contributed by atoms with Gasteiger partial charge in [0.15, 0.2) is 0 Å². The first-order valence-electron chi connectivity index (χ1n) is 6.93. The van der Waals surface area contributed by atoms with Crippen LogP contribution in [0.1, 0.15) is 39.0 Å². The van der Waals surface area contributed by atoms with Crippen LogP contribution in [0.5, 0.6) is 0 Å². The molecule has 1 aliphatic heterocycles. The fourth-order valence-electron chi connectivity index (χ4n) is 2.40. The predicted molar refractivity (Wildman–Crippen MR) is 74.4 cm³/mol. The van der Waals surface area contributed by atoms with Crippen molar-refractivity contribution in [3.05, 3.63) is 0 Å². The van der Waals surface area contributed by atoms with Crippen LogP contribution in [0, 0.1) is 5.92 Å². The summed E-state index contributed by atoms with van der Waals surface area (Å²) >= 11 is 0. The lowest BCUT2D eigenvalue weighted by Crippen LogP contribution is -2.43. The van der Waals surface area contributed by atoms with Gasteiger partial charge in [-0.15, -0.1) is 0 Å². The molecule has 1 heterocycles. The Bertz CT molecular complexity index is 332. The third-order valence-electron chi connectivity index (χ3n) is 3.78. The molecule has 1 unspecified atom stereocenters. The van der Waals surface area contributed by atoms with Gasteiger partial charge in [0.05, 0.1) is 0 Å². The third-order valence-corrected chi connectivity index (χ3v) is 5.77. The van der Waals surface area contributed by atoms with Crippen LogP contribution in [0.4, 0.5) is 0 Å². The van der Waals surface area contributed by atoms with Gasteiger partial charge in [0.25, 0.3) is 10.2 Å². The van der Waals surface area contributed by atoms with E-state index in [-0.39, 0.29) is 0 Å². The molecule has 0 aromatic carbocycles. The van der Waals surface area contributed by atoms with Crippen LogP contribution < -0.4 is 5.73 Å². The quantitative estimate of drug-likeness (QED) is 0.788. The van der Waals surface area contributed by atoms with Crippen molar-refractivity contribution in [1.29, 1.82) is 0 Å². The third kappa shape index (κ3) is 4.19. The molecule has 0 aliphatic carbocycles. The molecule has 0 amide bonds. The van der Waals surface area contributed by atoms with Gasteiger partial charge in [0, 0.05) is 26.7 Å². The topological polar surface area (TPSA) is 66.6 Å². The summed E-state index contributed by atoms with van der Waals surface area (Å²) in [4.78, 5) is 0. The number of rotatable bonds is 6. The highest BCUT2D eigenvalue weighted by molar-refractivity contribution is 7.86. The van der Waals surface area contributed by atoms with Crippen molar-refractivity contribution in [2.75, 3.05) is 33.2 Å². The Kier molecular flexibility index (Phi) is 6.55. The van der Waals surface area contributed by atoms with Crippen molar-refractivity contribution >= 4 is 10.2 Å². The van der Waals surface area contributed by atoms with Crippen molar-refractivity contribution < 1.29 is 8.42 Å². The summed E-state index contributed by atoms with van der Waals surface area (Å²) in [5.74, 6) is 0.680. The van der Waals surface area contributed by atoms with E-state index in [0.29, 0.717) is 38.5 Å². The SMILES string of the molecule is CCC1CCCN(S(=O)(=O)N(C)CCCN)CC1. The summed E-state index contributed by atoms with van der Waals surface area (Å²) in [6.07, 6.45) is 4.97. The second-order valence-corrected chi connectivity index (χ2v) is 7.11. The van der Waals surface area contributed by atoms with Gasteiger partial charge < -0.3 is 5.73 Å². The molecule has 0 aromatic heterocycles. The predicted octanol–water partition coefficient (Wildman–Crippen LogP) is 1.02. The zero-order valence-corrected chi connectivity index (χ0v) is 12.5. The van der Waals surface area contributed by atoms with Crippen LogP contribution in [0.15, 0.2) is 0 Å². The summed E-state index contributed by atoms with van der Waals surface area (Å²) < 4.78 is 27.8. The molecular weight excluding hydrogens is 250 g/mol. The highest BCUT2D eigenvalue weighted by Crippen LogP contribution is 2.22. The lowest BCUT2D eigenvalue weighted by atomic mass is 9.98. The van der Waals surface area contributed by atoms with Crippen LogP contribution in [0.2, 0.25) is 0 Å². The smallest absolute Gasteiger partial charge is 0.281 e. The van der Waals surface area contributed by atoms with E-state index in [1.54, 1.807) is 11.4 Å². The normalized spacial score (nSPS) is 23.2. The maximum Gasteiger partial charge on any atom is 0.281 e. The van der Waals surface area contributed by atoms with Crippen LogP contribution in [-0.4, -0.2) is 50.3 Å². The monoisotopic (exact) mass is 277 g/mol. The molecular formula is C12H27N3O2S. The van der Waals surface area contributed by atoms with Crippen molar-refractivity contribution in [3.8, 4) is 0 Å². The molecule has 6 heteroatoms. The maximum absolute atomic E-state index is 12.4. The number of nitrogens with zero attached hydrogens (tertiary/aromatic N) is 2. The second kappa shape index (κ2) is 7.43. The van der Waals surface area contributed by atoms with E-state index in [2.05, 4.69) is 6.92 Å². The molecule has 5 nitrogen and oxygen atoms in total. The lowest BCUT2D eigenvalue weighted by Gasteiger charge is -2.26. The van der Waals surface area contributed by atoms with E-state index in [1.165, 1.54) is 4.31 Å². The van der Waals surface area contributed by atoms with Crippen molar-refractivity contribution in [3.63, 3.8) is 0 Å². The van der Waals surface area contributed by atoms with Gasteiger partial charge in [-0.05, 0) is 38.1 Å². The Balaban J connectivity index is 2.61. The van der Waals surface area contributed by atoms with Crippen molar-refractivity contribution in [2.45, 2.75) is 39.0 Å². The molecule has 18 heavy (non-hydrogen) atoms. The molecule has 1 rings (SSSR count). The van der Waals surface area contributed by atoms with E-state index in [1.807, 2.05) is 0 Å². The van der Waals surface area contributed by atoms with E-state index in [9.17, 15) is 8.42 Å². The van der Waals surface area contributed by atoms with E-state index >= 15 is 0 Å². The summed E-state index contributed by atoms with van der Waals surface area (Å²) in [5.41, 5.74) is 5.42. The first-order valence-corrected chi connectivity index (χ1v) is 8.33. The Hall–Kier alpha value is -0.170. The minimum Gasteiger partial charge on any atom is -0.330 e. The van der Waals surface area contributed by atoms with Gasteiger partial charge >= 0.3 is 0 Å². The second-order valence-electron chi connectivity index (χ2n) is 5.08. The largest absolute Gasteiger partial charge is 0.330 e. The summed E-state index contributed by atoms with van der Waals surface area (Å²) in [6, 6.07) is 0. The fourth-order valence-corrected chi connectivity index (χ4v) is 3.85. The van der Waals surface area contributed by atoms with E-state index < -0.39 is 10.2 Å². The van der Waals surface area contributed by atoms with Gasteiger partial charge in [0.2, 0.25) is 0 Å². The fraction of sp³-hybridized carbons (Fsp3) is 1.00. The standard InChI is InChI=1S/C12H27N3O2S/c1-3-12-6-4-10-15(11-7-12)18(16,17)14(2)9-5-8-13/h12H,3-11,13H2,1-2H3. The zero-order chi connectivity index (χ0) is 13.6. The minimum absolute atomic E-state index is 0.506. The highest BCUT2D eigenvalue weighted by atomic mass is 32.2. The van der Waals surface area contributed by atoms with Crippen molar-refractivity contribution in [1.82, 2.24) is 8.61 Å². The number of nitrogens with two attached hydrogens (primary N) is 1. The molecule has 1 fully saturated rings. The molecule has 0 radical (unpaired) electrons. The summed E-state index contributed by atoms with van der Waals surface area (Å²) in [5, 5.41) is 0. The Morgan fingerprint density at radius 1 is 1.33 bits per heavy atom. The first-order chi connectivity index (χ1) is 8.52. The van der Waals surface area contributed by atoms with Crippen molar-refractivity contribution in [2.24, 2.45) is 11.7 Å². The summed E-state index contributed by atoms with van der Waals surface area (Å²) in [7, 11) is -1.63. The maximum atomic E-state index is 12.4. The Morgan fingerprint density at radius 3 is 2.67 bits per heavy atom. The van der Waals surface area contributed by atoms with Gasteiger partial charge in [-0.3, -0.25) is 0 Å². The molecule has 0 spiro atoms. The zero-order valence-electron chi connectivity index (χ0n) is 11.6. The molecule has 108 valence electrons. The molecule has 2 N–H and O–H groups in total. The van der Waals surface area contributed by atoms with Gasteiger partial charge in [-0.25, -0.2) is 0 Å². The molecule has 0 aromatic rings. The average Bonchev–Trinajstić information content (AvgIpc) is 2.61. The molecule has 1 saturated heterocycles. The van der Waals surface area contributed by atoms with E-state index in [0.717, 1.165) is 25.7 Å². The van der Waals surface area contributed by atoms with Gasteiger partial charge in [-0.2, -0.15) is 17.0 Å². The molecule has 0 bridgehead atoms. The Morgan fingerprint density at radius 2 is 2.06 bits per heavy atom. The average molecular weight is 277 g/mol. The molecule has 0 saturated carbocycles. The van der Waals surface area contributed by atoms with Gasteiger partial charge in [0.1, 0.15) is 0 Å². The highest BCUT2D eigenvalue weighted by Gasteiger charge is 2.28. The molecule has 1 aliphatic rings. The van der Waals surface area contributed by atoms with Crippen LogP contribution in [0.3, 0.4) is 0 Å². The first kappa shape index (κ1) is 15.9. The Labute approximate surface area is 112 Å². The van der Waals surface area contributed by atoms with Crippen LogP contribution in [0.25, 0.3) is 0 Å². The summed E-state index contributed by atoms with van der Waals surface area (Å²) in [6.45, 7) is 4.53.